The fourth-order valence-electron chi connectivity index (χ4n) is 1.74. The van der Waals surface area contributed by atoms with Crippen molar-refractivity contribution in [2.75, 3.05) is 5.32 Å². The maximum Gasteiger partial charge on any atom is 0.339 e. The molecule has 2 N–H and O–H groups in total. The van der Waals surface area contributed by atoms with Gasteiger partial charge in [-0.1, -0.05) is 29.3 Å². The molecule has 2 aromatic rings. The van der Waals surface area contributed by atoms with Crippen LogP contribution in [0.1, 0.15) is 17.3 Å². The van der Waals surface area contributed by atoms with Gasteiger partial charge in [0.05, 0.1) is 16.3 Å². The summed E-state index contributed by atoms with van der Waals surface area (Å²) >= 11 is 11.7. The minimum Gasteiger partial charge on any atom is -0.508 e. The summed E-state index contributed by atoms with van der Waals surface area (Å²) in [6.45, 7) is 1.43. The second kappa shape index (κ2) is 7.35. The van der Waals surface area contributed by atoms with Gasteiger partial charge in [0.1, 0.15) is 5.75 Å². The molecule has 0 spiro atoms. The lowest BCUT2D eigenvalue weighted by Crippen LogP contribution is -2.30. The van der Waals surface area contributed by atoms with E-state index in [-0.39, 0.29) is 16.3 Å². The molecule has 0 radical (unpaired) electrons. The molecule has 0 aliphatic heterocycles. The molecule has 120 valence electrons. The lowest BCUT2D eigenvalue weighted by atomic mass is 10.2. The number of carbonyl (C=O) groups is 2. The Hall–Kier alpha value is -2.24. The monoisotopic (exact) mass is 353 g/mol. The summed E-state index contributed by atoms with van der Waals surface area (Å²) < 4.78 is 5.06. The first-order chi connectivity index (χ1) is 10.9. The van der Waals surface area contributed by atoms with Gasteiger partial charge in [0.15, 0.2) is 6.10 Å². The van der Waals surface area contributed by atoms with Crippen LogP contribution < -0.4 is 5.32 Å². The molecule has 23 heavy (non-hydrogen) atoms. The lowest BCUT2D eigenvalue weighted by Gasteiger charge is -2.14. The molecule has 0 saturated heterocycles. The van der Waals surface area contributed by atoms with Gasteiger partial charge >= 0.3 is 5.97 Å². The van der Waals surface area contributed by atoms with Crippen molar-refractivity contribution in [2.24, 2.45) is 0 Å². The number of amides is 1. The second-order valence-electron chi connectivity index (χ2n) is 4.71. The van der Waals surface area contributed by atoms with Gasteiger partial charge in [-0.3, -0.25) is 4.79 Å². The summed E-state index contributed by atoms with van der Waals surface area (Å²) in [6.07, 6.45) is -1.04. The Kier molecular flexibility index (Phi) is 5.47. The van der Waals surface area contributed by atoms with Gasteiger partial charge in [0.2, 0.25) is 0 Å². The number of rotatable bonds is 4. The van der Waals surface area contributed by atoms with Crippen LogP contribution in [0.3, 0.4) is 0 Å². The van der Waals surface area contributed by atoms with E-state index in [0.29, 0.717) is 10.7 Å². The topological polar surface area (TPSA) is 75.6 Å². The number of nitrogens with one attached hydrogen (secondary N) is 1. The van der Waals surface area contributed by atoms with Crippen molar-refractivity contribution in [3.8, 4) is 5.75 Å². The molecular weight excluding hydrogens is 341 g/mol. The third kappa shape index (κ3) is 4.61. The summed E-state index contributed by atoms with van der Waals surface area (Å²) in [4.78, 5) is 24.0. The number of phenols is 1. The van der Waals surface area contributed by atoms with Gasteiger partial charge in [-0.2, -0.15) is 0 Å². The highest BCUT2D eigenvalue weighted by Crippen LogP contribution is 2.25. The Bertz CT molecular complexity index is 749. The zero-order valence-corrected chi connectivity index (χ0v) is 13.6. The van der Waals surface area contributed by atoms with Gasteiger partial charge in [0.25, 0.3) is 5.91 Å². The van der Waals surface area contributed by atoms with Crippen molar-refractivity contribution in [3.05, 3.63) is 58.1 Å². The number of benzene rings is 2. The van der Waals surface area contributed by atoms with Gasteiger partial charge in [-0.05, 0) is 43.3 Å². The predicted octanol–water partition coefficient (Wildman–Crippen LogP) is 3.88. The minimum atomic E-state index is -1.04. The van der Waals surface area contributed by atoms with Crippen LogP contribution in [0, 0.1) is 0 Å². The average molecular weight is 354 g/mol. The van der Waals surface area contributed by atoms with Gasteiger partial charge in [0, 0.05) is 5.02 Å². The van der Waals surface area contributed by atoms with Crippen molar-refractivity contribution in [2.45, 2.75) is 13.0 Å². The van der Waals surface area contributed by atoms with Crippen molar-refractivity contribution >= 4 is 40.8 Å². The number of halogens is 2. The number of phenolic OH excluding ortho intramolecular Hbond substituents is 1. The van der Waals surface area contributed by atoms with Crippen LogP contribution in [0.4, 0.5) is 5.69 Å². The number of ether oxygens (including phenoxy) is 1. The highest BCUT2D eigenvalue weighted by atomic mass is 35.5. The number of hydrogen-bond acceptors (Lipinski definition) is 4. The summed E-state index contributed by atoms with van der Waals surface area (Å²) in [7, 11) is 0. The Balaban J connectivity index is 2.01. The molecule has 0 unspecified atom stereocenters. The standard InChI is InChI=1S/C16H13Cl2NO4/c1-9(23-16(22)10-3-2-4-12(20)7-10)15(21)19-14-6-5-11(17)8-13(14)18/h2-9,20H,1H3,(H,19,21)/t9-/m1/s1. The molecule has 0 fully saturated rings. The Morgan fingerprint density at radius 2 is 1.91 bits per heavy atom. The number of esters is 1. The first-order valence-electron chi connectivity index (χ1n) is 6.63. The molecule has 0 heterocycles. The maximum atomic E-state index is 12.1. The zero-order chi connectivity index (χ0) is 17.0. The van der Waals surface area contributed by atoms with Crippen LogP contribution in [0.25, 0.3) is 0 Å². The zero-order valence-electron chi connectivity index (χ0n) is 12.0. The molecule has 0 aromatic heterocycles. The van der Waals surface area contributed by atoms with Crippen LogP contribution in [0.15, 0.2) is 42.5 Å². The van der Waals surface area contributed by atoms with E-state index >= 15 is 0 Å². The highest BCUT2D eigenvalue weighted by molar-refractivity contribution is 6.36. The smallest absolute Gasteiger partial charge is 0.339 e. The number of carbonyl (C=O) groups excluding carboxylic acids is 2. The van der Waals surface area contributed by atoms with E-state index in [2.05, 4.69) is 5.32 Å². The molecule has 0 saturated carbocycles. The molecule has 1 amide bonds. The van der Waals surface area contributed by atoms with E-state index < -0.39 is 18.0 Å². The van der Waals surface area contributed by atoms with Crippen LogP contribution in [-0.2, 0) is 9.53 Å². The summed E-state index contributed by atoms with van der Waals surface area (Å²) in [5.41, 5.74) is 0.510. The number of aromatic hydroxyl groups is 1. The van der Waals surface area contributed by atoms with E-state index in [0.717, 1.165) is 0 Å². The van der Waals surface area contributed by atoms with E-state index in [9.17, 15) is 14.7 Å². The molecule has 2 aromatic carbocycles. The highest BCUT2D eigenvalue weighted by Gasteiger charge is 2.20. The van der Waals surface area contributed by atoms with Gasteiger partial charge < -0.3 is 15.2 Å². The minimum absolute atomic E-state index is 0.0653. The lowest BCUT2D eigenvalue weighted by molar-refractivity contribution is -0.123. The maximum absolute atomic E-state index is 12.1. The van der Waals surface area contributed by atoms with Crippen molar-refractivity contribution in [3.63, 3.8) is 0 Å². The molecule has 0 aliphatic rings. The molecule has 7 heteroatoms. The van der Waals surface area contributed by atoms with Crippen LogP contribution in [0.5, 0.6) is 5.75 Å². The fourth-order valence-corrected chi connectivity index (χ4v) is 2.20. The largest absolute Gasteiger partial charge is 0.508 e. The SMILES string of the molecule is C[C@@H](OC(=O)c1cccc(O)c1)C(=O)Nc1ccc(Cl)cc1Cl. The summed E-state index contributed by atoms with van der Waals surface area (Å²) in [5.74, 6) is -1.32. The summed E-state index contributed by atoms with van der Waals surface area (Å²) in [5, 5.41) is 12.6. The summed E-state index contributed by atoms with van der Waals surface area (Å²) in [6, 6.07) is 10.3. The number of anilines is 1. The molecule has 0 aliphatic carbocycles. The quantitative estimate of drug-likeness (QED) is 0.817. The third-order valence-corrected chi connectivity index (χ3v) is 3.47. The van der Waals surface area contributed by atoms with E-state index in [1.165, 1.54) is 37.3 Å². The first kappa shape index (κ1) is 17.1. The predicted molar refractivity (Wildman–Crippen MR) is 88.1 cm³/mol. The van der Waals surface area contributed by atoms with Crippen molar-refractivity contribution in [1.82, 2.24) is 0 Å². The van der Waals surface area contributed by atoms with E-state index in [1.54, 1.807) is 12.1 Å². The van der Waals surface area contributed by atoms with Crippen molar-refractivity contribution in [1.29, 1.82) is 0 Å². The van der Waals surface area contributed by atoms with Crippen molar-refractivity contribution < 1.29 is 19.4 Å². The first-order valence-corrected chi connectivity index (χ1v) is 7.38. The van der Waals surface area contributed by atoms with Crippen LogP contribution in [0.2, 0.25) is 10.0 Å². The fraction of sp³-hybridized carbons (Fsp3) is 0.125. The Morgan fingerprint density at radius 3 is 2.57 bits per heavy atom. The third-order valence-electron chi connectivity index (χ3n) is 2.92. The normalized spacial score (nSPS) is 11.6. The van der Waals surface area contributed by atoms with Crippen LogP contribution >= 0.6 is 23.2 Å². The van der Waals surface area contributed by atoms with E-state index in [1.807, 2.05) is 0 Å². The Labute approximate surface area is 142 Å². The molecule has 0 bridgehead atoms. The van der Waals surface area contributed by atoms with E-state index in [4.69, 9.17) is 27.9 Å². The van der Waals surface area contributed by atoms with Gasteiger partial charge in [-0.15, -0.1) is 0 Å². The molecule has 1 atom stereocenters. The number of hydrogen-bond donors (Lipinski definition) is 2. The Morgan fingerprint density at radius 1 is 1.17 bits per heavy atom. The van der Waals surface area contributed by atoms with Gasteiger partial charge in [-0.25, -0.2) is 4.79 Å². The molecule has 5 nitrogen and oxygen atoms in total. The second-order valence-corrected chi connectivity index (χ2v) is 5.55. The molecular formula is C16H13Cl2NO4. The average Bonchev–Trinajstić information content (AvgIpc) is 2.49. The molecule has 2 rings (SSSR count). The van der Waals surface area contributed by atoms with Crippen LogP contribution in [-0.4, -0.2) is 23.1 Å².